The van der Waals surface area contributed by atoms with E-state index in [0.29, 0.717) is 17.0 Å². The predicted molar refractivity (Wildman–Crippen MR) is 66.7 cm³/mol. The predicted octanol–water partition coefficient (Wildman–Crippen LogP) is 3.31. The quantitative estimate of drug-likeness (QED) is 0.394. The third kappa shape index (κ3) is 9.00. The molecule has 13 heavy (non-hydrogen) atoms. The number of hydrogen-bond acceptors (Lipinski definition) is 2. The van der Waals surface area contributed by atoms with E-state index in [1.807, 2.05) is 6.92 Å². The van der Waals surface area contributed by atoms with Crippen molar-refractivity contribution in [2.45, 2.75) is 36.5 Å². The number of ether oxygens (including phenoxy) is 1. The second kappa shape index (κ2) is 9.24. The Morgan fingerprint density at radius 1 is 1.54 bits per heavy atom. The van der Waals surface area contributed by atoms with E-state index >= 15 is 0 Å². The number of carbonyl (C=O) groups excluding carboxylic acids is 1. The molecule has 0 rings (SSSR count). The van der Waals surface area contributed by atoms with Gasteiger partial charge < -0.3 is 4.74 Å². The summed E-state index contributed by atoms with van der Waals surface area (Å²) in [6.45, 7) is 2.33. The summed E-state index contributed by atoms with van der Waals surface area (Å²) in [5, 5.41) is 1.05. The zero-order chi connectivity index (χ0) is 10.1. The smallest absolute Gasteiger partial charge is 0.305 e. The van der Waals surface area contributed by atoms with Crippen LogP contribution in [0, 0.1) is 0 Å². The minimum atomic E-state index is -0.0667. The molecule has 0 aromatic rings. The molecule has 0 aliphatic rings. The Kier molecular flexibility index (Phi) is 9.73. The van der Waals surface area contributed by atoms with Gasteiger partial charge >= 0.3 is 5.97 Å². The molecule has 0 aliphatic carbocycles. The Labute approximate surface area is 102 Å². The lowest BCUT2D eigenvalue weighted by molar-refractivity contribution is -0.143. The van der Waals surface area contributed by atoms with Gasteiger partial charge in [-0.25, -0.2) is 0 Å². The minimum absolute atomic E-state index is 0.0667. The summed E-state index contributed by atoms with van der Waals surface area (Å²) in [6.07, 6.45) is 3.85. The molecule has 0 fully saturated rings. The highest BCUT2D eigenvalue weighted by atomic mass is 127. The van der Waals surface area contributed by atoms with Gasteiger partial charge in [0, 0.05) is 15.7 Å². The molecule has 0 heterocycles. The van der Waals surface area contributed by atoms with Crippen LogP contribution < -0.4 is 0 Å². The summed E-state index contributed by atoms with van der Waals surface area (Å²) in [6, 6.07) is 0. The van der Waals surface area contributed by atoms with Crippen molar-refractivity contribution in [1.29, 1.82) is 0 Å². The summed E-state index contributed by atoms with van der Waals surface area (Å²) < 4.78 is 5.44. The standard InChI is InChI=1S/C9H16BrIO2/c1-2-13-9(12)6-5-8(11)4-3-7-10/h8H,2-7H2,1H3. The van der Waals surface area contributed by atoms with Crippen molar-refractivity contribution in [3.05, 3.63) is 0 Å². The van der Waals surface area contributed by atoms with E-state index in [9.17, 15) is 4.79 Å². The van der Waals surface area contributed by atoms with Crippen LogP contribution in [0.5, 0.6) is 0 Å². The van der Waals surface area contributed by atoms with E-state index in [1.165, 1.54) is 12.8 Å². The lowest BCUT2D eigenvalue weighted by Gasteiger charge is -2.07. The molecule has 0 bridgehead atoms. The van der Waals surface area contributed by atoms with Crippen molar-refractivity contribution in [2.75, 3.05) is 11.9 Å². The topological polar surface area (TPSA) is 26.3 Å². The fourth-order valence-electron chi connectivity index (χ4n) is 0.951. The van der Waals surface area contributed by atoms with Crippen molar-refractivity contribution in [1.82, 2.24) is 0 Å². The SMILES string of the molecule is CCOC(=O)CCC(I)CCCBr. The van der Waals surface area contributed by atoms with Gasteiger partial charge in [0.25, 0.3) is 0 Å². The maximum Gasteiger partial charge on any atom is 0.305 e. The van der Waals surface area contributed by atoms with Crippen LogP contribution >= 0.6 is 38.5 Å². The Balaban J connectivity index is 3.34. The molecule has 0 saturated heterocycles. The largest absolute Gasteiger partial charge is 0.466 e. The molecule has 0 radical (unpaired) electrons. The van der Waals surface area contributed by atoms with Gasteiger partial charge in [0.15, 0.2) is 0 Å². The van der Waals surface area contributed by atoms with Crippen molar-refractivity contribution >= 4 is 44.5 Å². The Hall–Kier alpha value is 0.680. The number of esters is 1. The van der Waals surface area contributed by atoms with Crippen molar-refractivity contribution < 1.29 is 9.53 Å². The Morgan fingerprint density at radius 3 is 2.77 bits per heavy atom. The number of carbonyl (C=O) groups is 1. The van der Waals surface area contributed by atoms with Crippen molar-refractivity contribution in [3.63, 3.8) is 0 Å². The molecule has 78 valence electrons. The second-order valence-electron chi connectivity index (χ2n) is 2.77. The highest BCUT2D eigenvalue weighted by molar-refractivity contribution is 14.1. The monoisotopic (exact) mass is 362 g/mol. The van der Waals surface area contributed by atoms with Crippen LogP contribution in [-0.4, -0.2) is 21.8 Å². The van der Waals surface area contributed by atoms with Gasteiger partial charge in [-0.3, -0.25) is 4.79 Å². The van der Waals surface area contributed by atoms with Crippen LogP contribution in [0.25, 0.3) is 0 Å². The van der Waals surface area contributed by atoms with E-state index < -0.39 is 0 Å². The summed E-state index contributed by atoms with van der Waals surface area (Å²) in [5.74, 6) is -0.0667. The first-order chi connectivity index (χ1) is 6.20. The Morgan fingerprint density at radius 2 is 2.23 bits per heavy atom. The second-order valence-corrected chi connectivity index (χ2v) is 5.33. The highest BCUT2D eigenvalue weighted by Gasteiger charge is 2.07. The normalized spacial score (nSPS) is 12.5. The van der Waals surface area contributed by atoms with Gasteiger partial charge in [-0.05, 0) is 26.2 Å². The third-order valence-electron chi connectivity index (χ3n) is 1.62. The summed E-state index contributed by atoms with van der Waals surface area (Å²) in [7, 11) is 0. The number of rotatable bonds is 7. The van der Waals surface area contributed by atoms with Crippen LogP contribution in [0.4, 0.5) is 0 Å². The van der Waals surface area contributed by atoms with Gasteiger partial charge in [-0.15, -0.1) is 0 Å². The van der Waals surface area contributed by atoms with Crippen LogP contribution in [0.2, 0.25) is 0 Å². The van der Waals surface area contributed by atoms with E-state index in [-0.39, 0.29) is 5.97 Å². The molecular weight excluding hydrogens is 347 g/mol. The molecule has 4 heteroatoms. The zero-order valence-corrected chi connectivity index (χ0v) is 11.6. The zero-order valence-electron chi connectivity index (χ0n) is 7.89. The molecule has 1 unspecified atom stereocenters. The first-order valence-corrected chi connectivity index (χ1v) is 6.93. The highest BCUT2D eigenvalue weighted by Crippen LogP contribution is 2.16. The van der Waals surface area contributed by atoms with Crippen molar-refractivity contribution in [3.8, 4) is 0 Å². The molecule has 0 spiro atoms. The Bertz CT molecular complexity index is 142. The van der Waals surface area contributed by atoms with Crippen LogP contribution in [0.3, 0.4) is 0 Å². The average molecular weight is 363 g/mol. The molecule has 0 aliphatic heterocycles. The molecule has 0 N–H and O–H groups in total. The van der Waals surface area contributed by atoms with E-state index in [0.717, 1.165) is 11.8 Å². The maximum absolute atomic E-state index is 11.0. The molecule has 0 aromatic heterocycles. The molecule has 0 saturated carbocycles. The molecule has 1 atom stereocenters. The number of halogens is 2. The molecule has 0 amide bonds. The van der Waals surface area contributed by atoms with Gasteiger partial charge in [-0.2, -0.15) is 0 Å². The third-order valence-corrected chi connectivity index (χ3v) is 3.42. The first kappa shape index (κ1) is 13.7. The van der Waals surface area contributed by atoms with Gasteiger partial charge in [0.1, 0.15) is 0 Å². The van der Waals surface area contributed by atoms with E-state index in [1.54, 1.807) is 0 Å². The number of alkyl halides is 2. The summed E-state index contributed by atoms with van der Waals surface area (Å²) in [4.78, 5) is 11.0. The molecular formula is C9H16BrIO2. The number of hydrogen-bond donors (Lipinski definition) is 0. The maximum atomic E-state index is 11.0. The average Bonchev–Trinajstić information content (AvgIpc) is 2.12. The minimum Gasteiger partial charge on any atom is -0.466 e. The van der Waals surface area contributed by atoms with Crippen LogP contribution in [0.15, 0.2) is 0 Å². The first-order valence-electron chi connectivity index (χ1n) is 4.56. The fraction of sp³-hybridized carbons (Fsp3) is 0.889. The van der Waals surface area contributed by atoms with E-state index in [4.69, 9.17) is 4.74 Å². The van der Waals surface area contributed by atoms with Crippen LogP contribution in [-0.2, 0) is 9.53 Å². The molecule has 0 aromatic carbocycles. The molecule has 2 nitrogen and oxygen atoms in total. The van der Waals surface area contributed by atoms with Crippen LogP contribution in [0.1, 0.15) is 32.6 Å². The van der Waals surface area contributed by atoms with Gasteiger partial charge in [0.2, 0.25) is 0 Å². The fourth-order valence-corrected chi connectivity index (χ4v) is 2.03. The van der Waals surface area contributed by atoms with Gasteiger partial charge in [-0.1, -0.05) is 38.5 Å². The summed E-state index contributed by atoms with van der Waals surface area (Å²) in [5.41, 5.74) is 0. The van der Waals surface area contributed by atoms with E-state index in [2.05, 4.69) is 38.5 Å². The van der Waals surface area contributed by atoms with Crippen molar-refractivity contribution in [2.24, 2.45) is 0 Å². The lowest BCUT2D eigenvalue weighted by Crippen LogP contribution is -2.07. The summed E-state index contributed by atoms with van der Waals surface area (Å²) >= 11 is 5.79. The lowest BCUT2D eigenvalue weighted by atomic mass is 10.1. The van der Waals surface area contributed by atoms with Gasteiger partial charge in [0.05, 0.1) is 6.61 Å².